The predicted molar refractivity (Wildman–Crippen MR) is 118 cm³/mol. The molecule has 2 fully saturated rings. The number of guanidine groups is 1. The summed E-state index contributed by atoms with van der Waals surface area (Å²) in [4.78, 5) is 7.10. The molecular weight excluding hydrogens is 364 g/mol. The first kappa shape index (κ1) is 22.1. The van der Waals surface area contributed by atoms with E-state index < -0.39 is 0 Å². The highest BCUT2D eigenvalue weighted by molar-refractivity contribution is 5.80. The van der Waals surface area contributed by atoms with Crippen LogP contribution in [0.2, 0.25) is 0 Å². The minimum Gasteiger partial charge on any atom is -0.379 e. The monoisotopic (exact) mass is 402 g/mol. The van der Waals surface area contributed by atoms with Gasteiger partial charge in [0.15, 0.2) is 5.96 Å². The zero-order chi connectivity index (χ0) is 20.3. The van der Waals surface area contributed by atoms with Crippen molar-refractivity contribution in [3.8, 4) is 0 Å². The molecule has 162 valence electrons. The van der Waals surface area contributed by atoms with Crippen molar-refractivity contribution in [1.29, 1.82) is 0 Å². The Hall–Kier alpha value is -1.63. The lowest BCUT2D eigenvalue weighted by molar-refractivity contribution is 0.0453. The fourth-order valence-electron chi connectivity index (χ4n) is 4.36. The Morgan fingerprint density at radius 1 is 1.14 bits per heavy atom. The second-order valence-corrected chi connectivity index (χ2v) is 8.06. The summed E-state index contributed by atoms with van der Waals surface area (Å²) < 4.78 is 11.0. The van der Waals surface area contributed by atoms with Crippen molar-refractivity contribution in [3.05, 3.63) is 35.4 Å². The van der Waals surface area contributed by atoms with E-state index in [0.29, 0.717) is 25.9 Å². The van der Waals surface area contributed by atoms with E-state index in [9.17, 15) is 0 Å². The third kappa shape index (κ3) is 7.28. The van der Waals surface area contributed by atoms with Crippen molar-refractivity contribution in [2.75, 3.05) is 40.0 Å². The lowest BCUT2D eigenvalue weighted by Gasteiger charge is -2.24. The van der Waals surface area contributed by atoms with E-state index in [1.807, 2.05) is 14.0 Å². The molecule has 3 rings (SSSR count). The number of nitrogens with zero attached hydrogens (tertiary/aromatic N) is 2. The van der Waals surface area contributed by atoms with Gasteiger partial charge >= 0.3 is 0 Å². The molecule has 2 N–H and O–H groups in total. The van der Waals surface area contributed by atoms with E-state index in [4.69, 9.17) is 9.47 Å². The number of likely N-dealkylation sites (tertiary alicyclic amines) is 1. The molecule has 6 heteroatoms. The fourth-order valence-corrected chi connectivity index (χ4v) is 4.36. The first-order chi connectivity index (χ1) is 14.3. The van der Waals surface area contributed by atoms with Gasteiger partial charge in [0.05, 0.1) is 19.8 Å². The summed E-state index contributed by atoms with van der Waals surface area (Å²) in [6.07, 6.45) is 6.76. The molecule has 0 aromatic heterocycles. The SMILES string of the molecule is CCOCCOCc1cccc(CNC(=NC)NC2CCN(C3CCCC3)C2)c1. The highest BCUT2D eigenvalue weighted by Crippen LogP contribution is 2.26. The van der Waals surface area contributed by atoms with Gasteiger partial charge < -0.3 is 20.1 Å². The Morgan fingerprint density at radius 3 is 2.72 bits per heavy atom. The maximum atomic E-state index is 5.68. The highest BCUT2D eigenvalue weighted by atomic mass is 16.5. The summed E-state index contributed by atoms with van der Waals surface area (Å²) in [7, 11) is 1.85. The second kappa shape index (κ2) is 12.2. The highest BCUT2D eigenvalue weighted by Gasteiger charge is 2.30. The Labute approximate surface area is 176 Å². The summed E-state index contributed by atoms with van der Waals surface area (Å²) >= 11 is 0. The van der Waals surface area contributed by atoms with Gasteiger partial charge in [0.2, 0.25) is 0 Å². The van der Waals surface area contributed by atoms with Crippen molar-refractivity contribution in [2.24, 2.45) is 4.99 Å². The Kier molecular flexibility index (Phi) is 9.25. The van der Waals surface area contributed by atoms with Crippen molar-refractivity contribution >= 4 is 5.96 Å². The van der Waals surface area contributed by atoms with E-state index in [-0.39, 0.29) is 0 Å². The van der Waals surface area contributed by atoms with Crippen LogP contribution in [0.15, 0.2) is 29.3 Å². The smallest absolute Gasteiger partial charge is 0.191 e. The van der Waals surface area contributed by atoms with Crippen LogP contribution in [-0.4, -0.2) is 62.9 Å². The lowest BCUT2D eigenvalue weighted by Crippen LogP contribution is -2.45. The zero-order valence-electron chi connectivity index (χ0n) is 18.2. The lowest BCUT2D eigenvalue weighted by atomic mass is 10.1. The summed E-state index contributed by atoms with van der Waals surface area (Å²) in [6.45, 7) is 7.74. The molecule has 1 saturated carbocycles. The van der Waals surface area contributed by atoms with Crippen LogP contribution < -0.4 is 10.6 Å². The summed E-state index contributed by atoms with van der Waals surface area (Å²) in [6, 6.07) is 9.83. The van der Waals surface area contributed by atoms with Gasteiger partial charge in [-0.3, -0.25) is 9.89 Å². The molecule has 1 saturated heterocycles. The van der Waals surface area contributed by atoms with E-state index >= 15 is 0 Å². The van der Waals surface area contributed by atoms with E-state index in [1.54, 1.807) is 0 Å². The summed E-state index contributed by atoms with van der Waals surface area (Å²) in [5, 5.41) is 7.08. The second-order valence-electron chi connectivity index (χ2n) is 8.06. The number of hydrogen-bond donors (Lipinski definition) is 2. The van der Waals surface area contributed by atoms with E-state index in [1.165, 1.54) is 49.8 Å². The van der Waals surface area contributed by atoms with Gasteiger partial charge in [-0.05, 0) is 37.3 Å². The van der Waals surface area contributed by atoms with Gasteiger partial charge in [-0.25, -0.2) is 0 Å². The van der Waals surface area contributed by atoms with Crippen molar-refractivity contribution in [2.45, 2.75) is 64.3 Å². The quantitative estimate of drug-likeness (QED) is 0.358. The van der Waals surface area contributed by atoms with Crippen LogP contribution in [0, 0.1) is 0 Å². The Bertz CT molecular complexity index is 631. The molecule has 1 aromatic carbocycles. The number of benzene rings is 1. The topological polar surface area (TPSA) is 58.1 Å². The van der Waals surface area contributed by atoms with Gasteiger partial charge in [-0.1, -0.05) is 37.1 Å². The third-order valence-electron chi connectivity index (χ3n) is 5.92. The molecule has 0 amide bonds. The molecule has 0 spiro atoms. The standard InChI is InChI=1S/C23H38N4O2/c1-3-28-13-14-29-18-20-8-6-7-19(15-20)16-25-23(24-2)26-21-11-12-27(17-21)22-9-4-5-10-22/h6-8,15,21-22H,3-5,9-14,16-18H2,1-2H3,(H2,24,25,26). The van der Waals surface area contributed by atoms with Crippen molar-refractivity contribution in [3.63, 3.8) is 0 Å². The van der Waals surface area contributed by atoms with Crippen molar-refractivity contribution in [1.82, 2.24) is 15.5 Å². The van der Waals surface area contributed by atoms with Gasteiger partial charge in [-0.2, -0.15) is 0 Å². The minimum absolute atomic E-state index is 0.492. The molecule has 1 aliphatic heterocycles. The van der Waals surface area contributed by atoms with Crippen LogP contribution >= 0.6 is 0 Å². The van der Waals surface area contributed by atoms with Gasteiger partial charge in [0.25, 0.3) is 0 Å². The zero-order valence-corrected chi connectivity index (χ0v) is 18.2. The molecule has 1 atom stereocenters. The number of aliphatic imine (C=N–C) groups is 1. The molecule has 0 radical (unpaired) electrons. The fraction of sp³-hybridized carbons (Fsp3) is 0.696. The summed E-state index contributed by atoms with van der Waals surface area (Å²) in [5.41, 5.74) is 2.42. The van der Waals surface area contributed by atoms with Crippen LogP contribution in [0.5, 0.6) is 0 Å². The third-order valence-corrected chi connectivity index (χ3v) is 5.92. The molecule has 0 bridgehead atoms. The number of hydrogen-bond acceptors (Lipinski definition) is 4. The Morgan fingerprint density at radius 2 is 1.93 bits per heavy atom. The largest absolute Gasteiger partial charge is 0.379 e. The minimum atomic E-state index is 0.492. The molecule has 2 aliphatic rings. The normalized spacial score (nSPS) is 21.0. The molecule has 6 nitrogen and oxygen atoms in total. The predicted octanol–water partition coefficient (Wildman–Crippen LogP) is 2.92. The van der Waals surface area contributed by atoms with Crippen LogP contribution in [0.3, 0.4) is 0 Å². The van der Waals surface area contributed by atoms with E-state index in [0.717, 1.165) is 31.7 Å². The van der Waals surface area contributed by atoms with Crippen LogP contribution in [-0.2, 0) is 22.6 Å². The molecule has 29 heavy (non-hydrogen) atoms. The first-order valence-corrected chi connectivity index (χ1v) is 11.2. The molecule has 1 aromatic rings. The van der Waals surface area contributed by atoms with Crippen LogP contribution in [0.25, 0.3) is 0 Å². The number of nitrogens with one attached hydrogen (secondary N) is 2. The maximum absolute atomic E-state index is 5.68. The van der Waals surface area contributed by atoms with Gasteiger partial charge in [-0.15, -0.1) is 0 Å². The molecular formula is C23H38N4O2. The van der Waals surface area contributed by atoms with Gasteiger partial charge in [0.1, 0.15) is 0 Å². The Balaban J connectivity index is 1.39. The van der Waals surface area contributed by atoms with Crippen molar-refractivity contribution < 1.29 is 9.47 Å². The molecule has 1 heterocycles. The van der Waals surface area contributed by atoms with Crippen LogP contribution in [0.1, 0.15) is 50.2 Å². The van der Waals surface area contributed by atoms with Gasteiger partial charge in [0, 0.05) is 45.4 Å². The molecule has 1 aliphatic carbocycles. The first-order valence-electron chi connectivity index (χ1n) is 11.2. The molecule has 1 unspecified atom stereocenters. The average Bonchev–Trinajstić information content (AvgIpc) is 3.43. The van der Waals surface area contributed by atoms with E-state index in [2.05, 4.69) is 44.8 Å². The maximum Gasteiger partial charge on any atom is 0.191 e. The average molecular weight is 403 g/mol. The summed E-state index contributed by atoms with van der Waals surface area (Å²) in [5.74, 6) is 0.890. The number of rotatable bonds is 10. The number of ether oxygens (including phenoxy) is 2. The van der Waals surface area contributed by atoms with Crippen LogP contribution in [0.4, 0.5) is 0 Å².